The second kappa shape index (κ2) is 6.54. The van der Waals surface area contributed by atoms with Crippen LogP contribution in [0, 0.1) is 17.5 Å². The Morgan fingerprint density at radius 1 is 1.00 bits per heavy atom. The fraction of sp³-hybridized carbons (Fsp3) is 0.188. The molecule has 5 heteroatoms. The minimum atomic E-state index is -0.866. The second-order valence-corrected chi connectivity index (χ2v) is 4.85. The zero-order valence-electron chi connectivity index (χ0n) is 11.4. The topological polar surface area (TPSA) is 20.3 Å². The minimum absolute atomic E-state index is 0.0140. The van der Waals surface area contributed by atoms with Gasteiger partial charge in [-0.25, -0.2) is 13.2 Å². The summed E-state index contributed by atoms with van der Waals surface area (Å²) in [5.74, 6) is -2.35. The van der Waals surface area contributed by atoms with Crippen molar-refractivity contribution in [1.82, 2.24) is 4.90 Å². The molecule has 2 aromatic rings. The normalized spacial score (nSPS) is 10.9. The molecule has 0 radical (unpaired) electrons. The Kier molecular flexibility index (Phi) is 4.75. The second-order valence-electron chi connectivity index (χ2n) is 4.85. The predicted octanol–water partition coefficient (Wildman–Crippen LogP) is 3.42. The van der Waals surface area contributed by atoms with Gasteiger partial charge in [0.2, 0.25) is 0 Å². The molecule has 21 heavy (non-hydrogen) atoms. The third-order valence-electron chi connectivity index (χ3n) is 3.01. The zero-order valence-corrected chi connectivity index (χ0v) is 11.4. The van der Waals surface area contributed by atoms with Crippen LogP contribution in [0.4, 0.5) is 13.2 Å². The molecule has 0 bridgehead atoms. The van der Waals surface area contributed by atoms with Crippen LogP contribution in [0.2, 0.25) is 0 Å². The number of hydrogen-bond acceptors (Lipinski definition) is 2. The molecule has 0 amide bonds. The van der Waals surface area contributed by atoms with Gasteiger partial charge in [0.25, 0.3) is 0 Å². The third kappa shape index (κ3) is 4.16. The molecule has 2 nitrogen and oxygen atoms in total. The molecule has 0 aliphatic carbocycles. The van der Waals surface area contributed by atoms with Gasteiger partial charge >= 0.3 is 0 Å². The fourth-order valence-electron chi connectivity index (χ4n) is 2.00. The summed E-state index contributed by atoms with van der Waals surface area (Å²) in [5.41, 5.74) is 0.702. The summed E-state index contributed by atoms with van der Waals surface area (Å²) in [5, 5.41) is 0. The van der Waals surface area contributed by atoms with E-state index in [0.717, 1.165) is 17.7 Å². The van der Waals surface area contributed by atoms with E-state index in [1.54, 1.807) is 24.1 Å². The molecular formula is C16H14F3NO. The fourth-order valence-corrected chi connectivity index (χ4v) is 2.00. The molecule has 0 atom stereocenters. The molecule has 0 N–H and O–H groups in total. The van der Waals surface area contributed by atoms with Crippen LogP contribution in [0.25, 0.3) is 0 Å². The summed E-state index contributed by atoms with van der Waals surface area (Å²) in [4.78, 5) is 13.6. The summed E-state index contributed by atoms with van der Waals surface area (Å²) in [6.07, 6.45) is 0. The Balaban J connectivity index is 2.00. The van der Waals surface area contributed by atoms with E-state index in [2.05, 4.69) is 0 Å². The smallest absolute Gasteiger partial charge is 0.179 e. The quantitative estimate of drug-likeness (QED) is 0.787. The molecule has 2 aromatic carbocycles. The van der Waals surface area contributed by atoms with Crippen LogP contribution in [-0.4, -0.2) is 24.3 Å². The van der Waals surface area contributed by atoms with E-state index < -0.39 is 17.4 Å². The van der Waals surface area contributed by atoms with Gasteiger partial charge in [-0.3, -0.25) is 9.69 Å². The van der Waals surface area contributed by atoms with Crippen molar-refractivity contribution < 1.29 is 18.0 Å². The Labute approximate surface area is 120 Å². The summed E-state index contributed by atoms with van der Waals surface area (Å²) in [7, 11) is 1.70. The van der Waals surface area contributed by atoms with E-state index in [9.17, 15) is 18.0 Å². The zero-order chi connectivity index (χ0) is 15.4. The summed E-state index contributed by atoms with van der Waals surface area (Å²) in [6.45, 7) is 0.411. The van der Waals surface area contributed by atoms with Gasteiger partial charge in [0.1, 0.15) is 17.5 Å². The van der Waals surface area contributed by atoms with Crippen LogP contribution < -0.4 is 0 Å². The monoisotopic (exact) mass is 293 g/mol. The van der Waals surface area contributed by atoms with E-state index in [0.29, 0.717) is 12.6 Å². The Hall–Kier alpha value is -2.14. The maximum absolute atomic E-state index is 13.5. The molecule has 110 valence electrons. The van der Waals surface area contributed by atoms with E-state index in [4.69, 9.17) is 0 Å². The molecule has 0 aromatic heterocycles. The average Bonchev–Trinajstić information content (AvgIpc) is 2.41. The summed E-state index contributed by atoms with van der Waals surface area (Å²) < 4.78 is 39.1. The van der Waals surface area contributed by atoms with Gasteiger partial charge in [-0.2, -0.15) is 0 Å². The maximum Gasteiger partial charge on any atom is 0.179 e. The first-order valence-corrected chi connectivity index (χ1v) is 6.37. The molecule has 2 rings (SSSR count). The van der Waals surface area contributed by atoms with Crippen molar-refractivity contribution in [3.63, 3.8) is 0 Å². The van der Waals surface area contributed by atoms with Crippen molar-refractivity contribution in [2.75, 3.05) is 13.6 Å². The van der Waals surface area contributed by atoms with Gasteiger partial charge < -0.3 is 0 Å². The van der Waals surface area contributed by atoms with Gasteiger partial charge in [-0.15, -0.1) is 0 Å². The molecule has 0 unspecified atom stereocenters. The standard InChI is InChI=1S/C16H14F3NO/c1-20(9-11-2-4-12(17)5-3-11)10-16(21)14-7-6-13(18)8-15(14)19/h2-8H,9-10H2,1H3. The summed E-state index contributed by atoms with van der Waals surface area (Å²) >= 11 is 0. The number of rotatable bonds is 5. The number of halogens is 3. The van der Waals surface area contributed by atoms with Gasteiger partial charge in [-0.1, -0.05) is 12.1 Å². The molecule has 0 fully saturated rings. The Morgan fingerprint density at radius 3 is 2.24 bits per heavy atom. The number of carbonyl (C=O) groups is 1. The molecule has 0 saturated carbocycles. The third-order valence-corrected chi connectivity index (χ3v) is 3.01. The Bertz CT molecular complexity index is 640. The maximum atomic E-state index is 13.5. The first-order chi connectivity index (χ1) is 9.95. The molecule has 0 saturated heterocycles. The van der Waals surface area contributed by atoms with E-state index in [-0.39, 0.29) is 17.9 Å². The van der Waals surface area contributed by atoms with Gasteiger partial charge in [0.15, 0.2) is 5.78 Å². The first-order valence-electron chi connectivity index (χ1n) is 6.37. The van der Waals surface area contributed by atoms with Crippen molar-refractivity contribution in [1.29, 1.82) is 0 Å². The average molecular weight is 293 g/mol. The highest BCUT2D eigenvalue weighted by Crippen LogP contribution is 2.12. The number of Topliss-reactive ketones (excluding diaryl/α,β-unsaturated/α-hetero) is 1. The molecule has 0 aliphatic heterocycles. The lowest BCUT2D eigenvalue weighted by Gasteiger charge is -2.16. The van der Waals surface area contributed by atoms with Crippen LogP contribution in [0.5, 0.6) is 0 Å². The highest BCUT2D eigenvalue weighted by atomic mass is 19.1. The highest BCUT2D eigenvalue weighted by molar-refractivity contribution is 5.97. The Morgan fingerprint density at radius 2 is 1.62 bits per heavy atom. The number of benzene rings is 2. The number of carbonyl (C=O) groups excluding carboxylic acids is 1. The van der Waals surface area contributed by atoms with Gasteiger partial charge in [0, 0.05) is 12.6 Å². The number of likely N-dealkylation sites (N-methyl/N-ethyl adjacent to an activating group) is 1. The van der Waals surface area contributed by atoms with Gasteiger partial charge in [0.05, 0.1) is 12.1 Å². The van der Waals surface area contributed by atoms with Crippen LogP contribution in [0.15, 0.2) is 42.5 Å². The first kappa shape index (κ1) is 15.3. The van der Waals surface area contributed by atoms with E-state index in [1.165, 1.54) is 12.1 Å². The van der Waals surface area contributed by atoms with Crippen molar-refractivity contribution in [3.8, 4) is 0 Å². The molecule has 0 heterocycles. The largest absolute Gasteiger partial charge is 0.295 e. The SMILES string of the molecule is CN(CC(=O)c1ccc(F)cc1F)Cc1ccc(F)cc1. The van der Waals surface area contributed by atoms with Gasteiger partial charge in [-0.05, 0) is 36.9 Å². The van der Waals surface area contributed by atoms with Crippen molar-refractivity contribution in [2.24, 2.45) is 0 Å². The van der Waals surface area contributed by atoms with Crippen LogP contribution in [0.1, 0.15) is 15.9 Å². The number of ketones is 1. The predicted molar refractivity (Wildman–Crippen MR) is 73.4 cm³/mol. The number of nitrogens with zero attached hydrogens (tertiary/aromatic N) is 1. The van der Waals surface area contributed by atoms with Crippen LogP contribution in [0.3, 0.4) is 0 Å². The lowest BCUT2D eigenvalue weighted by atomic mass is 10.1. The van der Waals surface area contributed by atoms with E-state index in [1.807, 2.05) is 0 Å². The van der Waals surface area contributed by atoms with Crippen molar-refractivity contribution in [2.45, 2.75) is 6.54 Å². The minimum Gasteiger partial charge on any atom is -0.295 e. The molecule has 0 aliphatic rings. The van der Waals surface area contributed by atoms with Crippen molar-refractivity contribution in [3.05, 3.63) is 71.0 Å². The summed E-state index contributed by atoms with van der Waals surface area (Å²) in [6, 6.07) is 8.79. The molecular weight excluding hydrogens is 279 g/mol. The highest BCUT2D eigenvalue weighted by Gasteiger charge is 2.14. The van der Waals surface area contributed by atoms with E-state index >= 15 is 0 Å². The lowest BCUT2D eigenvalue weighted by Crippen LogP contribution is -2.26. The van der Waals surface area contributed by atoms with Crippen LogP contribution >= 0.6 is 0 Å². The van der Waals surface area contributed by atoms with Crippen LogP contribution in [-0.2, 0) is 6.54 Å². The van der Waals surface area contributed by atoms with Crippen molar-refractivity contribution >= 4 is 5.78 Å². The lowest BCUT2D eigenvalue weighted by molar-refractivity contribution is 0.0939. The number of hydrogen-bond donors (Lipinski definition) is 0. The molecule has 0 spiro atoms.